The van der Waals surface area contributed by atoms with Crippen LogP contribution in [0.3, 0.4) is 0 Å². The summed E-state index contributed by atoms with van der Waals surface area (Å²) in [4.78, 5) is 16.2. The fraction of sp³-hybridized carbons (Fsp3) is 0.348. The Morgan fingerprint density at radius 3 is 2.75 bits per heavy atom. The number of rotatable bonds is 3. The second-order valence-corrected chi connectivity index (χ2v) is 9.38. The third-order valence-electron chi connectivity index (χ3n) is 5.43. The monoisotopic (exact) mass is 413 g/mol. The highest BCUT2D eigenvalue weighted by molar-refractivity contribution is 7.21. The number of ether oxygens (including phenoxy) is 1. The van der Waals surface area contributed by atoms with Crippen molar-refractivity contribution in [2.24, 2.45) is 0 Å². The van der Waals surface area contributed by atoms with Gasteiger partial charge in [0.25, 0.3) is 5.91 Å². The number of thiophene rings is 1. The molecule has 3 aromatic rings. The second kappa shape index (κ2) is 7.09. The molecule has 0 fully saturated rings. The highest BCUT2D eigenvalue weighted by atomic mass is 35.5. The van der Waals surface area contributed by atoms with Crippen molar-refractivity contribution in [2.75, 3.05) is 11.5 Å². The van der Waals surface area contributed by atoms with Crippen LogP contribution in [-0.4, -0.2) is 18.1 Å². The molecular weight excluding hydrogens is 390 g/mol. The van der Waals surface area contributed by atoms with Gasteiger partial charge in [-0.15, -0.1) is 11.3 Å². The molecular formula is C23H24ClNO2S. The number of hydrogen-bond acceptors (Lipinski definition) is 3. The number of fused-ring (bicyclic) bond motifs is 2. The normalized spacial score (nSPS) is 18.2. The molecule has 0 bridgehead atoms. The minimum Gasteiger partial charge on any atom is -0.494 e. The van der Waals surface area contributed by atoms with Crippen molar-refractivity contribution in [3.63, 3.8) is 0 Å². The number of anilines is 1. The summed E-state index contributed by atoms with van der Waals surface area (Å²) in [6, 6.07) is 13.9. The lowest BCUT2D eigenvalue weighted by atomic mass is 9.80. The number of halogens is 1. The van der Waals surface area contributed by atoms with Crippen LogP contribution in [0.1, 0.15) is 55.3 Å². The van der Waals surface area contributed by atoms with Gasteiger partial charge in [-0.1, -0.05) is 36.7 Å². The van der Waals surface area contributed by atoms with Crippen molar-refractivity contribution < 1.29 is 9.53 Å². The van der Waals surface area contributed by atoms with Crippen LogP contribution in [0.25, 0.3) is 10.1 Å². The van der Waals surface area contributed by atoms with Crippen LogP contribution < -0.4 is 9.64 Å². The minimum atomic E-state index is -0.309. The molecule has 0 spiro atoms. The summed E-state index contributed by atoms with van der Waals surface area (Å²) in [6.07, 6.45) is 0.879. The van der Waals surface area contributed by atoms with E-state index >= 15 is 0 Å². The van der Waals surface area contributed by atoms with Gasteiger partial charge >= 0.3 is 0 Å². The number of amides is 1. The fourth-order valence-corrected chi connectivity index (χ4v) is 5.74. The summed E-state index contributed by atoms with van der Waals surface area (Å²) >= 11 is 8.09. The zero-order chi connectivity index (χ0) is 20.1. The van der Waals surface area contributed by atoms with Gasteiger partial charge in [0.2, 0.25) is 0 Å². The molecule has 146 valence electrons. The van der Waals surface area contributed by atoms with Gasteiger partial charge < -0.3 is 9.64 Å². The predicted octanol–water partition coefficient (Wildman–Crippen LogP) is 6.89. The van der Waals surface area contributed by atoms with Gasteiger partial charge in [0.1, 0.15) is 10.6 Å². The SMILES string of the molecule is CCOc1ccc2c(c1)C(C)CC(C)(C)N2C(=O)c1sc2ccccc2c1Cl. The third-order valence-corrected chi connectivity index (χ3v) is 7.09. The topological polar surface area (TPSA) is 29.5 Å². The van der Waals surface area contributed by atoms with E-state index in [9.17, 15) is 4.79 Å². The zero-order valence-corrected chi connectivity index (χ0v) is 18.2. The third kappa shape index (κ3) is 3.09. The average Bonchev–Trinajstić information content (AvgIpc) is 2.99. The van der Waals surface area contributed by atoms with E-state index in [0.29, 0.717) is 22.4 Å². The Kier molecular flexibility index (Phi) is 4.88. The summed E-state index contributed by atoms with van der Waals surface area (Å²) in [5.74, 6) is 1.15. The summed E-state index contributed by atoms with van der Waals surface area (Å²) in [7, 11) is 0. The molecule has 1 amide bonds. The lowest BCUT2D eigenvalue weighted by Crippen LogP contribution is -2.51. The maximum absolute atomic E-state index is 13.7. The summed E-state index contributed by atoms with van der Waals surface area (Å²) in [5.41, 5.74) is 1.79. The Morgan fingerprint density at radius 1 is 1.29 bits per heavy atom. The van der Waals surface area contributed by atoms with Crippen LogP contribution in [-0.2, 0) is 0 Å². The number of hydrogen-bond donors (Lipinski definition) is 0. The zero-order valence-electron chi connectivity index (χ0n) is 16.6. The number of nitrogens with zero attached hydrogens (tertiary/aromatic N) is 1. The van der Waals surface area contributed by atoms with Crippen molar-refractivity contribution in [1.82, 2.24) is 0 Å². The van der Waals surface area contributed by atoms with E-state index in [-0.39, 0.29) is 11.4 Å². The molecule has 1 aromatic heterocycles. The van der Waals surface area contributed by atoms with Crippen molar-refractivity contribution in [3.05, 3.63) is 57.9 Å². The van der Waals surface area contributed by atoms with E-state index < -0.39 is 0 Å². The first-order valence-corrected chi connectivity index (χ1v) is 10.8. The van der Waals surface area contributed by atoms with Gasteiger partial charge in [-0.25, -0.2) is 0 Å². The molecule has 28 heavy (non-hydrogen) atoms. The van der Waals surface area contributed by atoms with Gasteiger partial charge in [-0.3, -0.25) is 4.79 Å². The van der Waals surface area contributed by atoms with Crippen molar-refractivity contribution >= 4 is 44.6 Å². The molecule has 5 heteroatoms. The van der Waals surface area contributed by atoms with Gasteiger partial charge in [-0.05, 0) is 62.9 Å². The second-order valence-electron chi connectivity index (χ2n) is 7.95. The quantitative estimate of drug-likeness (QED) is 0.468. The van der Waals surface area contributed by atoms with Crippen molar-refractivity contribution in [2.45, 2.75) is 45.6 Å². The highest BCUT2D eigenvalue weighted by Crippen LogP contribution is 2.47. The molecule has 2 heterocycles. The fourth-order valence-electron chi connectivity index (χ4n) is 4.30. The smallest absolute Gasteiger partial charge is 0.270 e. The first kappa shape index (κ1) is 19.3. The molecule has 3 nitrogen and oxygen atoms in total. The van der Waals surface area contributed by atoms with E-state index in [1.54, 1.807) is 0 Å². The van der Waals surface area contributed by atoms with Crippen molar-refractivity contribution in [1.29, 1.82) is 0 Å². The lowest BCUT2D eigenvalue weighted by Gasteiger charge is -2.46. The number of carbonyl (C=O) groups excluding carboxylic acids is 1. The van der Waals surface area contributed by atoms with Crippen LogP contribution in [0.2, 0.25) is 5.02 Å². The van der Waals surface area contributed by atoms with Crippen LogP contribution in [0.5, 0.6) is 5.75 Å². The number of benzene rings is 2. The standard InChI is InChI=1S/C23H24ClNO2S/c1-5-27-15-10-11-18-17(12-15)14(2)13-23(3,4)25(18)22(26)21-20(24)16-8-6-7-9-19(16)28-21/h6-12,14H,5,13H2,1-4H3. The van der Waals surface area contributed by atoms with Crippen LogP contribution in [0.4, 0.5) is 5.69 Å². The molecule has 1 atom stereocenters. The Bertz CT molecular complexity index is 1060. The van der Waals surface area contributed by atoms with E-state index in [0.717, 1.165) is 33.5 Å². The molecule has 0 N–H and O–H groups in total. The molecule has 1 aliphatic rings. The van der Waals surface area contributed by atoms with Gasteiger partial charge in [0.05, 0.1) is 11.6 Å². The van der Waals surface area contributed by atoms with E-state index in [1.807, 2.05) is 48.2 Å². The molecule has 4 rings (SSSR count). The Balaban J connectivity index is 1.84. The van der Waals surface area contributed by atoms with Crippen molar-refractivity contribution in [3.8, 4) is 5.75 Å². The Hall–Kier alpha value is -2.04. The Labute approximate surface area is 174 Å². The lowest BCUT2D eigenvalue weighted by molar-refractivity contribution is 0.0958. The van der Waals surface area contributed by atoms with E-state index in [1.165, 1.54) is 11.3 Å². The molecule has 1 unspecified atom stereocenters. The molecule has 0 aliphatic carbocycles. The van der Waals surface area contributed by atoms with Crippen LogP contribution in [0, 0.1) is 0 Å². The van der Waals surface area contributed by atoms with E-state index in [4.69, 9.17) is 16.3 Å². The molecule has 0 radical (unpaired) electrons. The largest absolute Gasteiger partial charge is 0.494 e. The van der Waals surface area contributed by atoms with Crippen LogP contribution >= 0.6 is 22.9 Å². The first-order chi connectivity index (χ1) is 13.3. The summed E-state index contributed by atoms with van der Waals surface area (Å²) < 4.78 is 6.72. The number of carbonyl (C=O) groups is 1. The maximum Gasteiger partial charge on any atom is 0.270 e. The molecule has 0 saturated carbocycles. The van der Waals surface area contributed by atoms with Gasteiger partial charge in [0.15, 0.2) is 0 Å². The first-order valence-electron chi connectivity index (χ1n) is 9.62. The highest BCUT2D eigenvalue weighted by Gasteiger charge is 2.41. The average molecular weight is 414 g/mol. The van der Waals surface area contributed by atoms with Gasteiger partial charge in [-0.2, -0.15) is 0 Å². The van der Waals surface area contributed by atoms with Gasteiger partial charge in [0, 0.05) is 21.3 Å². The molecule has 2 aromatic carbocycles. The molecule has 1 aliphatic heterocycles. The van der Waals surface area contributed by atoms with Crippen LogP contribution in [0.15, 0.2) is 42.5 Å². The minimum absolute atomic E-state index is 0.0338. The summed E-state index contributed by atoms with van der Waals surface area (Å²) in [6.45, 7) is 9.07. The summed E-state index contributed by atoms with van der Waals surface area (Å²) in [5, 5.41) is 1.49. The Morgan fingerprint density at radius 2 is 2.04 bits per heavy atom. The van der Waals surface area contributed by atoms with E-state index in [2.05, 4.69) is 26.8 Å². The maximum atomic E-state index is 13.7. The predicted molar refractivity (Wildman–Crippen MR) is 118 cm³/mol. The molecule has 0 saturated heterocycles.